The van der Waals surface area contributed by atoms with Gasteiger partial charge in [-0.3, -0.25) is 9.59 Å². The molecular formula is C47H82O9. The number of hydrogen-bond donors (Lipinski definition) is 4. The van der Waals surface area contributed by atoms with Crippen LogP contribution < -0.4 is 0 Å². The summed E-state index contributed by atoms with van der Waals surface area (Å²) in [5.41, 5.74) is -0.0872. The Morgan fingerprint density at radius 3 is 2.05 bits per heavy atom. The standard InChI is InChI=1S/C47H82O9/c1-7-8-9-10-11-12-13-14-15-16-17-21-38(48)54-29-37-41(50)43(52)44(53)45(56-37)55-32-24-26-47(6)35-25-27-46(5)33(31(4)20-18-19-30(2)3)22-23-34(46)39(35)42(51)40(49)36(47)28-32/h30-37,39,41-45,50-53H,7-29H2,1-6H3/t31-,32?,33-,34?,35?,36?,37-,39?,41-,42?,43+,44-,45+,46-,47-/m1/s1. The van der Waals surface area contributed by atoms with Gasteiger partial charge in [-0.25, -0.2) is 0 Å². The van der Waals surface area contributed by atoms with Crippen molar-refractivity contribution in [1.82, 2.24) is 0 Å². The van der Waals surface area contributed by atoms with Crippen LogP contribution in [0.3, 0.4) is 0 Å². The minimum absolute atomic E-state index is 0.00802. The van der Waals surface area contributed by atoms with Gasteiger partial charge in [0.15, 0.2) is 12.1 Å². The van der Waals surface area contributed by atoms with Crippen molar-refractivity contribution >= 4 is 11.8 Å². The van der Waals surface area contributed by atoms with Crippen LogP contribution in [-0.2, 0) is 23.8 Å². The fourth-order valence-electron chi connectivity index (χ4n) is 12.7. The first-order valence-electron chi connectivity index (χ1n) is 23.4. The molecule has 0 amide bonds. The molecule has 9 nitrogen and oxygen atoms in total. The van der Waals surface area contributed by atoms with E-state index < -0.39 is 42.9 Å². The van der Waals surface area contributed by atoms with E-state index in [2.05, 4.69) is 41.5 Å². The first-order valence-corrected chi connectivity index (χ1v) is 23.4. The van der Waals surface area contributed by atoms with Crippen LogP contribution in [-0.4, -0.2) is 81.7 Å². The number of ketones is 1. The molecule has 0 aromatic carbocycles. The van der Waals surface area contributed by atoms with Gasteiger partial charge in [-0.15, -0.1) is 0 Å². The lowest BCUT2D eigenvalue weighted by molar-refractivity contribution is -0.316. The van der Waals surface area contributed by atoms with E-state index in [9.17, 15) is 30.0 Å². The van der Waals surface area contributed by atoms with Crippen LogP contribution in [0.2, 0.25) is 0 Å². The highest BCUT2D eigenvalue weighted by Gasteiger charge is 2.65. The van der Waals surface area contributed by atoms with E-state index in [1.54, 1.807) is 0 Å². The van der Waals surface area contributed by atoms with Crippen molar-refractivity contribution in [3.63, 3.8) is 0 Å². The molecular weight excluding hydrogens is 709 g/mol. The van der Waals surface area contributed by atoms with E-state index in [1.807, 2.05) is 0 Å². The topological polar surface area (TPSA) is 143 Å². The minimum Gasteiger partial charge on any atom is -0.463 e. The number of ether oxygens (including phenoxy) is 3. The third-order valence-electron chi connectivity index (χ3n) is 16.1. The lowest BCUT2D eigenvalue weighted by Crippen LogP contribution is -2.63. The fraction of sp³-hybridized carbons (Fsp3) is 0.957. The maximum atomic E-state index is 14.2. The van der Waals surface area contributed by atoms with Crippen molar-refractivity contribution < 1.29 is 44.2 Å². The summed E-state index contributed by atoms with van der Waals surface area (Å²) in [4.78, 5) is 26.8. The van der Waals surface area contributed by atoms with Crippen molar-refractivity contribution in [3.8, 4) is 0 Å². The van der Waals surface area contributed by atoms with Gasteiger partial charge in [0, 0.05) is 12.3 Å². The predicted octanol–water partition coefficient (Wildman–Crippen LogP) is 8.69. The zero-order valence-corrected chi connectivity index (χ0v) is 36.2. The predicted molar refractivity (Wildman–Crippen MR) is 218 cm³/mol. The number of unbranched alkanes of at least 4 members (excludes halogenated alkanes) is 10. The van der Waals surface area contributed by atoms with Gasteiger partial charge >= 0.3 is 5.97 Å². The third-order valence-corrected chi connectivity index (χ3v) is 16.1. The Morgan fingerprint density at radius 1 is 0.768 bits per heavy atom. The van der Waals surface area contributed by atoms with E-state index >= 15 is 0 Å². The highest BCUT2D eigenvalue weighted by Crippen LogP contribution is 2.68. The van der Waals surface area contributed by atoms with Crippen LogP contribution in [0.15, 0.2) is 0 Å². The molecule has 5 rings (SSSR count). The van der Waals surface area contributed by atoms with Crippen molar-refractivity contribution in [2.24, 2.45) is 52.3 Å². The quantitative estimate of drug-likeness (QED) is 0.0510. The molecule has 15 atom stereocenters. The van der Waals surface area contributed by atoms with E-state index in [0.29, 0.717) is 30.6 Å². The second kappa shape index (κ2) is 20.9. The Hall–Kier alpha value is -1.10. The van der Waals surface area contributed by atoms with E-state index in [0.717, 1.165) is 50.9 Å². The van der Waals surface area contributed by atoms with Gasteiger partial charge in [-0.2, -0.15) is 0 Å². The number of carbonyl (C=O) groups is 2. The zero-order valence-electron chi connectivity index (χ0n) is 36.2. The lowest BCUT2D eigenvalue weighted by atomic mass is 9.43. The van der Waals surface area contributed by atoms with Gasteiger partial charge in [0.1, 0.15) is 37.1 Å². The molecule has 6 unspecified atom stereocenters. The molecule has 0 aromatic heterocycles. The van der Waals surface area contributed by atoms with E-state index in [4.69, 9.17) is 14.2 Å². The van der Waals surface area contributed by atoms with Gasteiger partial charge in [0.05, 0.1) is 6.10 Å². The molecule has 0 spiro atoms. The molecule has 1 aliphatic heterocycles. The number of rotatable bonds is 21. The average Bonchev–Trinajstić information content (AvgIpc) is 3.53. The van der Waals surface area contributed by atoms with Gasteiger partial charge in [0.2, 0.25) is 0 Å². The summed E-state index contributed by atoms with van der Waals surface area (Å²) >= 11 is 0. The summed E-state index contributed by atoms with van der Waals surface area (Å²) in [6.07, 6.45) is 15.3. The molecule has 4 saturated carbocycles. The largest absolute Gasteiger partial charge is 0.463 e. The number of Topliss-reactive ketones (excluding diaryl/α,β-unsaturated/α-hetero) is 1. The monoisotopic (exact) mass is 791 g/mol. The number of aliphatic hydroxyl groups is 4. The normalized spacial score (nSPS) is 40.2. The molecule has 0 radical (unpaired) electrons. The molecule has 1 saturated heterocycles. The Morgan fingerprint density at radius 2 is 1.39 bits per heavy atom. The smallest absolute Gasteiger partial charge is 0.305 e. The van der Waals surface area contributed by atoms with Crippen LogP contribution >= 0.6 is 0 Å². The number of aliphatic hydroxyl groups excluding tert-OH is 4. The Bertz CT molecular complexity index is 1230. The summed E-state index contributed by atoms with van der Waals surface area (Å²) in [7, 11) is 0. The molecule has 5 aliphatic rings. The first-order chi connectivity index (χ1) is 26.7. The molecule has 4 N–H and O–H groups in total. The van der Waals surface area contributed by atoms with Gasteiger partial charge in [-0.05, 0) is 97.7 Å². The van der Waals surface area contributed by atoms with Gasteiger partial charge < -0.3 is 34.6 Å². The highest BCUT2D eigenvalue weighted by molar-refractivity contribution is 5.87. The van der Waals surface area contributed by atoms with Gasteiger partial charge in [-0.1, -0.05) is 125 Å². The minimum atomic E-state index is -1.54. The van der Waals surface area contributed by atoms with Crippen LogP contribution in [0.4, 0.5) is 0 Å². The molecule has 9 heteroatoms. The summed E-state index contributed by atoms with van der Waals surface area (Å²) in [5, 5.41) is 44.2. The zero-order chi connectivity index (χ0) is 40.6. The molecule has 0 bridgehead atoms. The lowest BCUT2D eigenvalue weighted by Gasteiger charge is -2.61. The number of carbonyl (C=O) groups excluding carboxylic acids is 2. The molecule has 0 aromatic rings. The third kappa shape index (κ3) is 10.6. The summed E-state index contributed by atoms with van der Waals surface area (Å²) < 4.78 is 17.7. The summed E-state index contributed by atoms with van der Waals surface area (Å²) in [5.74, 6) is 1.82. The number of hydrogen-bond acceptors (Lipinski definition) is 9. The molecule has 56 heavy (non-hydrogen) atoms. The van der Waals surface area contributed by atoms with Crippen molar-refractivity contribution in [2.45, 2.75) is 226 Å². The first kappa shape index (κ1) is 46.0. The number of esters is 1. The van der Waals surface area contributed by atoms with Crippen molar-refractivity contribution in [3.05, 3.63) is 0 Å². The molecule has 324 valence electrons. The van der Waals surface area contributed by atoms with Crippen LogP contribution in [0, 0.1) is 52.3 Å². The summed E-state index contributed by atoms with van der Waals surface area (Å²) in [6.45, 7) is 13.8. The second-order valence-corrected chi connectivity index (χ2v) is 20.2. The molecule has 5 fully saturated rings. The highest BCUT2D eigenvalue weighted by atomic mass is 16.7. The summed E-state index contributed by atoms with van der Waals surface area (Å²) in [6, 6.07) is 0. The van der Waals surface area contributed by atoms with Crippen molar-refractivity contribution in [1.29, 1.82) is 0 Å². The van der Waals surface area contributed by atoms with Crippen LogP contribution in [0.1, 0.15) is 183 Å². The SMILES string of the molecule is CCCCCCCCCCCCCC(=O)OC[C@H]1O[C@H](OC2CC[C@@]3(C)C(C2)C(=O)C(O)C2C3CC[C@@]3(C)C2CC[C@@H]3[C@H](C)CCCC(C)C)[C@H](O)[C@@H](O)[C@@H]1O. The molecule has 4 aliphatic carbocycles. The Balaban J connectivity index is 1.09. The van der Waals surface area contributed by atoms with Crippen LogP contribution in [0.5, 0.6) is 0 Å². The average molecular weight is 791 g/mol. The van der Waals surface area contributed by atoms with Gasteiger partial charge in [0.25, 0.3) is 0 Å². The van der Waals surface area contributed by atoms with Crippen molar-refractivity contribution in [2.75, 3.05) is 6.61 Å². The maximum Gasteiger partial charge on any atom is 0.305 e. The molecule has 1 heterocycles. The maximum absolute atomic E-state index is 14.2. The van der Waals surface area contributed by atoms with E-state index in [-0.39, 0.29) is 53.4 Å². The number of fused-ring (bicyclic) bond motifs is 5. The second-order valence-electron chi connectivity index (χ2n) is 20.2. The Kier molecular flexibility index (Phi) is 17.2. The van der Waals surface area contributed by atoms with Crippen LogP contribution in [0.25, 0.3) is 0 Å². The Labute approximate surface area is 339 Å². The van der Waals surface area contributed by atoms with E-state index in [1.165, 1.54) is 77.0 Å². The fourth-order valence-corrected chi connectivity index (χ4v) is 12.7.